The Morgan fingerprint density at radius 2 is 2.00 bits per heavy atom. The molecule has 0 aliphatic carbocycles. The van der Waals surface area contributed by atoms with Crippen LogP contribution in [0.4, 0.5) is 0 Å². The molecule has 0 saturated heterocycles. The standard InChI is InChI=1S/C11H10N4/c1-2-15-5-3-11(4-6-15)14-9-10(7-12)8-13/h3-6,9H,2H2,1H3. The first-order valence-corrected chi connectivity index (χ1v) is 4.50. The van der Waals surface area contributed by atoms with Gasteiger partial charge in [0.2, 0.25) is 0 Å². The summed E-state index contributed by atoms with van der Waals surface area (Å²) in [6.07, 6.45) is 5.06. The van der Waals surface area contributed by atoms with Crippen molar-refractivity contribution in [2.24, 2.45) is 4.99 Å². The third kappa shape index (κ3) is 3.13. The first-order valence-electron chi connectivity index (χ1n) is 4.50. The molecule has 1 aromatic heterocycles. The van der Waals surface area contributed by atoms with E-state index in [1.54, 1.807) is 12.1 Å². The summed E-state index contributed by atoms with van der Waals surface area (Å²) in [5.74, 6) is 0. The molecule has 0 spiro atoms. The van der Waals surface area contributed by atoms with E-state index in [0.29, 0.717) is 0 Å². The maximum absolute atomic E-state index is 8.48. The molecule has 1 heterocycles. The van der Waals surface area contributed by atoms with Gasteiger partial charge >= 0.3 is 0 Å². The lowest BCUT2D eigenvalue weighted by molar-refractivity contribution is 0.753. The Balaban J connectivity index is 2.99. The van der Waals surface area contributed by atoms with E-state index in [-0.39, 0.29) is 5.57 Å². The average Bonchev–Trinajstić information content (AvgIpc) is 2.31. The van der Waals surface area contributed by atoms with Gasteiger partial charge in [0.1, 0.15) is 17.7 Å². The van der Waals surface area contributed by atoms with Gasteiger partial charge in [-0.15, -0.1) is 0 Å². The summed E-state index contributed by atoms with van der Waals surface area (Å²) in [6.45, 7) is 2.94. The lowest BCUT2D eigenvalue weighted by Gasteiger charge is -1.98. The number of pyridine rings is 1. The van der Waals surface area contributed by atoms with Crippen molar-refractivity contribution in [3.63, 3.8) is 0 Å². The van der Waals surface area contributed by atoms with E-state index in [2.05, 4.69) is 4.99 Å². The molecule has 0 aliphatic rings. The maximum atomic E-state index is 8.48. The summed E-state index contributed by atoms with van der Waals surface area (Å²) in [5.41, 5.74) is 0.00206. The van der Waals surface area contributed by atoms with Crippen molar-refractivity contribution in [2.45, 2.75) is 13.5 Å². The highest BCUT2D eigenvalue weighted by molar-refractivity contribution is 5.34. The number of rotatable bonds is 2. The molecule has 0 bridgehead atoms. The summed E-state index contributed by atoms with van der Waals surface area (Å²) < 4.78 is 2.00. The van der Waals surface area contributed by atoms with Gasteiger partial charge in [-0.2, -0.15) is 10.5 Å². The van der Waals surface area contributed by atoms with Crippen LogP contribution in [0.2, 0.25) is 0 Å². The maximum Gasteiger partial charge on any atom is 0.147 e. The van der Waals surface area contributed by atoms with Crippen LogP contribution in [0.3, 0.4) is 0 Å². The number of allylic oxidation sites excluding steroid dienone is 1. The summed E-state index contributed by atoms with van der Waals surface area (Å²) in [5, 5.41) is 17.7. The molecule has 0 aliphatic heterocycles. The lowest BCUT2D eigenvalue weighted by Crippen LogP contribution is -2.03. The first-order chi connectivity index (χ1) is 7.30. The van der Waals surface area contributed by atoms with E-state index in [9.17, 15) is 0 Å². The number of aromatic nitrogens is 1. The van der Waals surface area contributed by atoms with Crippen molar-refractivity contribution < 1.29 is 0 Å². The van der Waals surface area contributed by atoms with Crippen molar-refractivity contribution in [2.75, 3.05) is 0 Å². The first kappa shape index (κ1) is 10.7. The Bertz CT molecular complexity index is 472. The number of hydrogen-bond acceptors (Lipinski definition) is 3. The molecule has 1 aromatic rings. The van der Waals surface area contributed by atoms with Crippen molar-refractivity contribution in [1.82, 2.24) is 4.57 Å². The monoisotopic (exact) mass is 198 g/mol. The van der Waals surface area contributed by atoms with Crippen LogP contribution in [0.25, 0.3) is 0 Å². The minimum absolute atomic E-state index is 0.00206. The fraction of sp³-hybridized carbons (Fsp3) is 0.182. The normalized spacial score (nSPS) is 8.47. The zero-order valence-corrected chi connectivity index (χ0v) is 8.38. The van der Waals surface area contributed by atoms with Gasteiger partial charge in [0.25, 0.3) is 0 Å². The van der Waals surface area contributed by atoms with Crippen molar-refractivity contribution in [3.8, 4) is 12.1 Å². The number of nitriles is 2. The van der Waals surface area contributed by atoms with E-state index in [1.807, 2.05) is 36.0 Å². The van der Waals surface area contributed by atoms with Crippen molar-refractivity contribution in [3.05, 3.63) is 41.7 Å². The fourth-order valence-electron chi connectivity index (χ4n) is 0.968. The van der Waals surface area contributed by atoms with Crippen LogP contribution in [0.15, 0.2) is 41.3 Å². The summed E-state index contributed by atoms with van der Waals surface area (Å²) in [7, 11) is 0. The van der Waals surface area contributed by atoms with Crippen molar-refractivity contribution in [1.29, 1.82) is 10.5 Å². The second-order valence-electron chi connectivity index (χ2n) is 2.78. The molecule has 0 aromatic carbocycles. The molecule has 4 nitrogen and oxygen atoms in total. The number of nitrogens with zero attached hydrogens (tertiary/aromatic N) is 4. The number of hydrogen-bond donors (Lipinski definition) is 0. The predicted molar refractivity (Wildman–Crippen MR) is 55.0 cm³/mol. The third-order valence-corrected chi connectivity index (χ3v) is 1.82. The Labute approximate surface area is 88.0 Å². The molecule has 0 amide bonds. The van der Waals surface area contributed by atoms with Gasteiger partial charge in [-0.25, -0.2) is 0 Å². The molecular weight excluding hydrogens is 188 g/mol. The molecule has 74 valence electrons. The van der Waals surface area contributed by atoms with E-state index in [1.165, 1.54) is 6.20 Å². The Hall–Kier alpha value is -2.33. The topological polar surface area (TPSA) is 64.9 Å². The highest BCUT2D eigenvalue weighted by atomic mass is 14.9. The molecule has 0 atom stereocenters. The molecule has 0 N–H and O–H groups in total. The summed E-state index contributed by atoms with van der Waals surface area (Å²) in [4.78, 5) is 4.00. The van der Waals surface area contributed by atoms with E-state index < -0.39 is 0 Å². The fourth-order valence-corrected chi connectivity index (χ4v) is 0.968. The van der Waals surface area contributed by atoms with E-state index >= 15 is 0 Å². The van der Waals surface area contributed by atoms with Gasteiger partial charge in [0, 0.05) is 18.9 Å². The SMILES string of the molecule is CCn1ccc(=NC=C(C#N)C#N)cc1. The van der Waals surface area contributed by atoms with Crippen LogP contribution in [-0.2, 0) is 6.54 Å². The van der Waals surface area contributed by atoms with Crippen LogP contribution >= 0.6 is 0 Å². The van der Waals surface area contributed by atoms with Crippen LogP contribution in [0, 0.1) is 22.7 Å². The van der Waals surface area contributed by atoms with Gasteiger partial charge in [0.15, 0.2) is 0 Å². The van der Waals surface area contributed by atoms with Crippen LogP contribution in [0.1, 0.15) is 6.92 Å². The Kier molecular flexibility index (Phi) is 3.88. The minimum atomic E-state index is 0.00206. The van der Waals surface area contributed by atoms with Gasteiger partial charge < -0.3 is 4.57 Å². The largest absolute Gasteiger partial charge is 0.354 e. The highest BCUT2D eigenvalue weighted by Crippen LogP contribution is 1.88. The van der Waals surface area contributed by atoms with Gasteiger partial charge in [-0.3, -0.25) is 4.99 Å². The summed E-state index contributed by atoms with van der Waals surface area (Å²) in [6, 6.07) is 7.14. The predicted octanol–water partition coefficient (Wildman–Crippen LogP) is 1.34. The molecule has 4 heteroatoms. The van der Waals surface area contributed by atoms with Crippen LogP contribution in [0.5, 0.6) is 0 Å². The molecule has 0 unspecified atom stereocenters. The quantitative estimate of drug-likeness (QED) is 0.673. The van der Waals surface area contributed by atoms with Gasteiger partial charge in [0.05, 0.1) is 11.6 Å². The van der Waals surface area contributed by atoms with Crippen molar-refractivity contribution >= 4 is 0 Å². The molecule has 0 radical (unpaired) electrons. The Morgan fingerprint density at radius 1 is 1.40 bits per heavy atom. The second kappa shape index (κ2) is 5.41. The zero-order chi connectivity index (χ0) is 11.1. The summed E-state index contributed by atoms with van der Waals surface area (Å²) >= 11 is 0. The molecule has 1 rings (SSSR count). The number of aryl methyl sites for hydroxylation is 1. The highest BCUT2D eigenvalue weighted by Gasteiger charge is 1.87. The zero-order valence-electron chi connectivity index (χ0n) is 8.38. The van der Waals surface area contributed by atoms with Crippen LogP contribution in [-0.4, -0.2) is 4.57 Å². The minimum Gasteiger partial charge on any atom is -0.354 e. The molecular formula is C11H10N4. The lowest BCUT2D eigenvalue weighted by atomic mass is 10.3. The molecule has 0 fully saturated rings. The van der Waals surface area contributed by atoms with E-state index in [4.69, 9.17) is 10.5 Å². The average molecular weight is 198 g/mol. The third-order valence-electron chi connectivity index (χ3n) is 1.82. The second-order valence-corrected chi connectivity index (χ2v) is 2.78. The van der Waals surface area contributed by atoms with Gasteiger partial charge in [-0.05, 0) is 19.1 Å². The van der Waals surface area contributed by atoms with E-state index in [0.717, 1.165) is 11.9 Å². The van der Waals surface area contributed by atoms with Gasteiger partial charge in [-0.1, -0.05) is 0 Å². The Morgan fingerprint density at radius 3 is 2.47 bits per heavy atom. The molecule has 15 heavy (non-hydrogen) atoms. The van der Waals surface area contributed by atoms with Crippen LogP contribution < -0.4 is 5.36 Å². The molecule has 0 saturated carbocycles. The smallest absolute Gasteiger partial charge is 0.147 e.